The van der Waals surface area contributed by atoms with E-state index in [1.807, 2.05) is 31.2 Å². The summed E-state index contributed by atoms with van der Waals surface area (Å²) in [6, 6.07) is 9.92. The molecule has 0 amide bonds. The highest BCUT2D eigenvalue weighted by atomic mass is 35.5. The Hall–Kier alpha value is -1.25. The number of carbonyl (C=O) groups is 1. The van der Waals surface area contributed by atoms with Crippen molar-refractivity contribution in [2.75, 3.05) is 6.54 Å². The summed E-state index contributed by atoms with van der Waals surface area (Å²) >= 11 is 6.90. The third kappa shape index (κ3) is 4.43. The van der Waals surface area contributed by atoms with E-state index in [1.54, 1.807) is 6.07 Å². The standard InChI is InChI=1S/C19H22ClNO4S2/c1-13(15-6-4-14(12-22)5-7-15)11-17(23)16-3-2-10-21(16)27(24,25)19-9-8-18(20)26-19/h4-9,13,16,22H,2-3,10-12H2,1H3/t13-,16+/m1/s1. The van der Waals surface area contributed by atoms with Crippen LogP contribution in [0.25, 0.3) is 0 Å². The molecular weight excluding hydrogens is 406 g/mol. The van der Waals surface area contributed by atoms with Crippen molar-refractivity contribution < 1.29 is 18.3 Å². The first-order valence-electron chi connectivity index (χ1n) is 8.82. The topological polar surface area (TPSA) is 74.7 Å². The number of benzene rings is 1. The zero-order valence-electron chi connectivity index (χ0n) is 15.0. The first-order valence-corrected chi connectivity index (χ1v) is 11.5. The molecule has 2 heterocycles. The number of hydrogen-bond donors (Lipinski definition) is 1. The Morgan fingerprint density at radius 1 is 1.30 bits per heavy atom. The molecule has 1 aliphatic heterocycles. The first kappa shape index (κ1) is 20.5. The zero-order chi connectivity index (χ0) is 19.6. The lowest BCUT2D eigenvalue weighted by Gasteiger charge is -2.23. The summed E-state index contributed by atoms with van der Waals surface area (Å²) in [5.41, 5.74) is 1.82. The molecule has 0 aliphatic carbocycles. The van der Waals surface area contributed by atoms with Crippen molar-refractivity contribution in [1.82, 2.24) is 4.31 Å². The van der Waals surface area contributed by atoms with E-state index in [-0.39, 0.29) is 28.9 Å². The Kier molecular flexibility index (Phi) is 6.38. The van der Waals surface area contributed by atoms with E-state index in [9.17, 15) is 13.2 Å². The lowest BCUT2D eigenvalue weighted by molar-refractivity contribution is -0.122. The van der Waals surface area contributed by atoms with Gasteiger partial charge in [0.2, 0.25) is 0 Å². The number of sulfonamides is 1. The second-order valence-corrected chi connectivity index (χ2v) is 10.6. The van der Waals surface area contributed by atoms with Crippen LogP contribution in [0.15, 0.2) is 40.6 Å². The van der Waals surface area contributed by atoms with Crippen molar-refractivity contribution in [2.45, 2.75) is 49.0 Å². The molecule has 0 spiro atoms. The lowest BCUT2D eigenvalue weighted by Crippen LogP contribution is -2.40. The maximum Gasteiger partial charge on any atom is 0.253 e. The van der Waals surface area contributed by atoms with Crippen molar-refractivity contribution in [3.05, 3.63) is 51.9 Å². The van der Waals surface area contributed by atoms with E-state index in [0.717, 1.165) is 22.5 Å². The van der Waals surface area contributed by atoms with Crippen LogP contribution >= 0.6 is 22.9 Å². The SMILES string of the molecule is C[C@H](CC(=O)[C@@H]1CCCN1S(=O)(=O)c1ccc(Cl)s1)c1ccc(CO)cc1. The summed E-state index contributed by atoms with van der Waals surface area (Å²) in [6.45, 7) is 2.29. The largest absolute Gasteiger partial charge is 0.392 e. The van der Waals surface area contributed by atoms with Gasteiger partial charge in [-0.05, 0) is 42.0 Å². The second kappa shape index (κ2) is 8.41. The van der Waals surface area contributed by atoms with Crippen LogP contribution in [0.5, 0.6) is 0 Å². The number of aliphatic hydroxyl groups is 1. The number of Topliss-reactive ketones (excluding diaryl/α,β-unsaturated/α-hetero) is 1. The fraction of sp³-hybridized carbons (Fsp3) is 0.421. The monoisotopic (exact) mass is 427 g/mol. The second-order valence-electron chi connectivity index (χ2n) is 6.80. The van der Waals surface area contributed by atoms with Gasteiger partial charge in [-0.2, -0.15) is 4.31 Å². The van der Waals surface area contributed by atoms with Crippen LogP contribution in [0.1, 0.15) is 43.2 Å². The Bertz CT molecular complexity index is 908. The molecule has 0 radical (unpaired) electrons. The minimum atomic E-state index is -3.70. The van der Waals surface area contributed by atoms with E-state index in [1.165, 1.54) is 10.4 Å². The van der Waals surface area contributed by atoms with Crippen LogP contribution in [0.2, 0.25) is 4.34 Å². The smallest absolute Gasteiger partial charge is 0.253 e. The quantitative estimate of drug-likeness (QED) is 0.729. The van der Waals surface area contributed by atoms with Gasteiger partial charge in [-0.15, -0.1) is 11.3 Å². The molecule has 2 aromatic rings. The van der Waals surface area contributed by atoms with Gasteiger partial charge < -0.3 is 5.11 Å². The van der Waals surface area contributed by atoms with E-state index in [4.69, 9.17) is 16.7 Å². The van der Waals surface area contributed by atoms with Crippen molar-refractivity contribution in [3.63, 3.8) is 0 Å². The summed E-state index contributed by atoms with van der Waals surface area (Å²) in [5.74, 6) is -0.0796. The number of ketones is 1. The number of hydrogen-bond acceptors (Lipinski definition) is 5. The van der Waals surface area contributed by atoms with Crippen molar-refractivity contribution >= 4 is 38.7 Å². The molecule has 1 fully saturated rings. The van der Waals surface area contributed by atoms with E-state index >= 15 is 0 Å². The zero-order valence-corrected chi connectivity index (χ0v) is 17.4. The summed E-state index contributed by atoms with van der Waals surface area (Å²) in [4.78, 5) is 12.9. The molecular formula is C19H22ClNO4S2. The number of thiophene rings is 1. The summed E-state index contributed by atoms with van der Waals surface area (Å²) in [5, 5.41) is 9.13. The van der Waals surface area contributed by atoms with Gasteiger partial charge in [-0.1, -0.05) is 42.8 Å². The molecule has 0 unspecified atom stereocenters. The Balaban J connectivity index is 1.73. The van der Waals surface area contributed by atoms with Gasteiger partial charge in [-0.25, -0.2) is 8.42 Å². The maximum atomic E-state index is 12.9. The van der Waals surface area contributed by atoms with Crippen LogP contribution in [0.4, 0.5) is 0 Å². The van der Waals surface area contributed by atoms with Crippen LogP contribution in [0, 0.1) is 0 Å². The number of halogens is 1. The van der Waals surface area contributed by atoms with Gasteiger partial charge in [0.05, 0.1) is 17.0 Å². The number of aliphatic hydroxyl groups excluding tert-OH is 1. The van der Waals surface area contributed by atoms with Crippen molar-refractivity contribution in [3.8, 4) is 0 Å². The van der Waals surface area contributed by atoms with Gasteiger partial charge in [-0.3, -0.25) is 4.79 Å². The minimum Gasteiger partial charge on any atom is -0.392 e. The molecule has 0 bridgehead atoms. The molecule has 0 saturated carbocycles. The molecule has 2 atom stereocenters. The van der Waals surface area contributed by atoms with E-state index in [0.29, 0.717) is 23.7 Å². The molecule has 3 rings (SSSR count). The molecule has 1 aromatic heterocycles. The number of carbonyl (C=O) groups excluding carboxylic acids is 1. The molecule has 146 valence electrons. The maximum absolute atomic E-state index is 12.9. The average Bonchev–Trinajstić information content (AvgIpc) is 3.31. The Morgan fingerprint density at radius 3 is 2.59 bits per heavy atom. The van der Waals surface area contributed by atoms with Crippen LogP contribution in [0.3, 0.4) is 0 Å². The van der Waals surface area contributed by atoms with E-state index in [2.05, 4.69) is 0 Å². The fourth-order valence-electron chi connectivity index (χ4n) is 3.41. The molecule has 1 saturated heterocycles. The third-order valence-electron chi connectivity index (χ3n) is 4.93. The van der Waals surface area contributed by atoms with Crippen LogP contribution in [-0.4, -0.2) is 36.2 Å². The average molecular weight is 428 g/mol. The highest BCUT2D eigenvalue weighted by Gasteiger charge is 2.40. The third-order valence-corrected chi connectivity index (χ3v) is 8.53. The molecule has 1 aromatic carbocycles. The summed E-state index contributed by atoms with van der Waals surface area (Å²) < 4.78 is 27.7. The Morgan fingerprint density at radius 2 is 2.00 bits per heavy atom. The van der Waals surface area contributed by atoms with Crippen LogP contribution in [-0.2, 0) is 21.4 Å². The summed E-state index contributed by atoms with van der Waals surface area (Å²) in [7, 11) is -3.70. The summed E-state index contributed by atoms with van der Waals surface area (Å²) in [6.07, 6.45) is 1.50. The molecule has 8 heteroatoms. The lowest BCUT2D eigenvalue weighted by atomic mass is 9.92. The van der Waals surface area contributed by atoms with Crippen LogP contribution < -0.4 is 0 Å². The minimum absolute atomic E-state index is 0.0186. The number of nitrogens with zero attached hydrogens (tertiary/aromatic N) is 1. The first-order chi connectivity index (χ1) is 12.8. The number of rotatable bonds is 7. The predicted octanol–water partition coefficient (Wildman–Crippen LogP) is 3.81. The van der Waals surface area contributed by atoms with Crippen molar-refractivity contribution in [1.29, 1.82) is 0 Å². The normalized spacial score (nSPS) is 19.3. The van der Waals surface area contributed by atoms with Gasteiger partial charge in [0.25, 0.3) is 10.0 Å². The Labute approximate surface area is 168 Å². The van der Waals surface area contributed by atoms with Gasteiger partial charge >= 0.3 is 0 Å². The highest BCUT2D eigenvalue weighted by molar-refractivity contribution is 7.91. The van der Waals surface area contributed by atoms with E-state index < -0.39 is 16.1 Å². The van der Waals surface area contributed by atoms with Gasteiger partial charge in [0, 0.05) is 13.0 Å². The molecule has 5 nitrogen and oxygen atoms in total. The molecule has 1 aliphatic rings. The van der Waals surface area contributed by atoms with Gasteiger partial charge in [0.15, 0.2) is 5.78 Å². The molecule has 27 heavy (non-hydrogen) atoms. The fourth-order valence-corrected chi connectivity index (χ4v) is 6.70. The van der Waals surface area contributed by atoms with Crippen molar-refractivity contribution in [2.24, 2.45) is 0 Å². The predicted molar refractivity (Wildman–Crippen MR) is 107 cm³/mol. The molecule has 1 N–H and O–H groups in total. The van der Waals surface area contributed by atoms with Gasteiger partial charge in [0.1, 0.15) is 4.21 Å². The highest BCUT2D eigenvalue weighted by Crippen LogP contribution is 2.33.